The van der Waals surface area contributed by atoms with Crippen molar-refractivity contribution in [2.75, 3.05) is 39.3 Å². The largest absolute Gasteiger partial charge is 0.383 e. The Bertz CT molecular complexity index is 169. The molecule has 0 aromatic heterocycles. The van der Waals surface area contributed by atoms with Gasteiger partial charge in [0.05, 0.1) is 12.1 Å². The molecule has 0 radical (unpaired) electrons. The maximum absolute atomic E-state index is 5.85. The zero-order chi connectivity index (χ0) is 11.9. The molecule has 0 bridgehead atoms. The molecule has 2 atom stereocenters. The van der Waals surface area contributed by atoms with Crippen LogP contribution in [0.15, 0.2) is 0 Å². The average Bonchev–Trinajstić information content (AvgIpc) is 2.25. The highest BCUT2D eigenvalue weighted by Crippen LogP contribution is 2.19. The standard InChI is InChI=1S/C11H26N2OS/c1-6-10(7-15-5)13(3)11(2,8-12)9-14-4/h10H,6-9,12H2,1-5H3. The number of methoxy groups -OCH3 is 1. The number of hydrogen-bond acceptors (Lipinski definition) is 4. The lowest BCUT2D eigenvalue weighted by atomic mass is 9.99. The van der Waals surface area contributed by atoms with Crippen LogP contribution in [-0.4, -0.2) is 55.8 Å². The molecule has 0 spiro atoms. The van der Waals surface area contributed by atoms with Gasteiger partial charge in [0.15, 0.2) is 0 Å². The van der Waals surface area contributed by atoms with Gasteiger partial charge in [-0.15, -0.1) is 0 Å². The van der Waals surface area contributed by atoms with Crippen LogP contribution in [0.1, 0.15) is 20.3 Å². The van der Waals surface area contributed by atoms with Gasteiger partial charge in [0.2, 0.25) is 0 Å². The molecule has 0 aliphatic rings. The normalized spacial score (nSPS) is 17.8. The Kier molecular flexibility index (Phi) is 7.61. The summed E-state index contributed by atoms with van der Waals surface area (Å²) in [6.07, 6.45) is 3.29. The summed E-state index contributed by atoms with van der Waals surface area (Å²) in [6.45, 7) is 5.70. The molecule has 0 aromatic rings. The highest BCUT2D eigenvalue weighted by Gasteiger charge is 2.31. The lowest BCUT2D eigenvalue weighted by Gasteiger charge is -2.42. The van der Waals surface area contributed by atoms with Gasteiger partial charge in [-0.3, -0.25) is 4.90 Å². The quantitative estimate of drug-likeness (QED) is 0.689. The van der Waals surface area contributed by atoms with Gasteiger partial charge < -0.3 is 10.5 Å². The predicted octanol–water partition coefficient (Wildman–Crippen LogP) is 1.42. The molecule has 0 heterocycles. The van der Waals surface area contributed by atoms with Crippen molar-refractivity contribution in [2.45, 2.75) is 31.8 Å². The molecule has 15 heavy (non-hydrogen) atoms. The monoisotopic (exact) mass is 234 g/mol. The zero-order valence-corrected chi connectivity index (χ0v) is 11.6. The Morgan fingerprint density at radius 1 is 1.53 bits per heavy atom. The summed E-state index contributed by atoms with van der Waals surface area (Å²) in [5.74, 6) is 1.15. The molecule has 4 heteroatoms. The van der Waals surface area contributed by atoms with E-state index in [1.54, 1.807) is 7.11 Å². The highest BCUT2D eigenvalue weighted by molar-refractivity contribution is 7.98. The van der Waals surface area contributed by atoms with Gasteiger partial charge in [-0.25, -0.2) is 0 Å². The molecule has 3 nitrogen and oxygen atoms in total. The SMILES string of the molecule is CCC(CSC)N(C)C(C)(CN)COC. The molecule has 92 valence electrons. The molecule has 0 amide bonds. The minimum Gasteiger partial charge on any atom is -0.383 e. The maximum atomic E-state index is 5.85. The van der Waals surface area contributed by atoms with Crippen molar-refractivity contribution in [1.29, 1.82) is 0 Å². The zero-order valence-electron chi connectivity index (χ0n) is 10.7. The summed E-state index contributed by atoms with van der Waals surface area (Å²) in [7, 11) is 3.88. The van der Waals surface area contributed by atoms with Crippen molar-refractivity contribution < 1.29 is 4.74 Å². The van der Waals surface area contributed by atoms with Crippen LogP contribution >= 0.6 is 11.8 Å². The van der Waals surface area contributed by atoms with Crippen molar-refractivity contribution in [1.82, 2.24) is 4.90 Å². The van der Waals surface area contributed by atoms with Crippen molar-refractivity contribution in [3.8, 4) is 0 Å². The number of thioether (sulfide) groups is 1. The molecule has 0 aliphatic heterocycles. The first kappa shape index (κ1) is 15.2. The van der Waals surface area contributed by atoms with Crippen LogP contribution in [0.2, 0.25) is 0 Å². The van der Waals surface area contributed by atoms with Crippen molar-refractivity contribution >= 4 is 11.8 Å². The van der Waals surface area contributed by atoms with E-state index in [4.69, 9.17) is 10.5 Å². The third-order valence-corrected chi connectivity index (χ3v) is 3.84. The number of nitrogens with two attached hydrogens (primary N) is 1. The second-order valence-electron chi connectivity index (χ2n) is 4.26. The van der Waals surface area contributed by atoms with Crippen molar-refractivity contribution in [3.05, 3.63) is 0 Å². The lowest BCUT2D eigenvalue weighted by Crippen LogP contribution is -2.57. The molecule has 2 unspecified atom stereocenters. The maximum Gasteiger partial charge on any atom is 0.0656 e. The molecule has 0 saturated carbocycles. The Hall–Kier alpha value is 0.230. The molecule has 0 fully saturated rings. The van der Waals surface area contributed by atoms with Crippen LogP contribution < -0.4 is 5.73 Å². The molecule has 2 N–H and O–H groups in total. The fraction of sp³-hybridized carbons (Fsp3) is 1.00. The Morgan fingerprint density at radius 2 is 2.13 bits per heavy atom. The third-order valence-electron chi connectivity index (χ3n) is 3.12. The summed E-state index contributed by atoms with van der Waals surface area (Å²) in [4.78, 5) is 2.37. The van der Waals surface area contributed by atoms with Crippen LogP contribution in [0.5, 0.6) is 0 Å². The molecule has 0 aliphatic carbocycles. The first-order valence-corrected chi connectivity index (χ1v) is 6.86. The van der Waals surface area contributed by atoms with Crippen LogP contribution in [0.4, 0.5) is 0 Å². The Balaban J connectivity index is 4.51. The van der Waals surface area contributed by atoms with E-state index in [-0.39, 0.29) is 5.54 Å². The number of rotatable bonds is 8. The lowest BCUT2D eigenvalue weighted by molar-refractivity contribution is 0.0222. The van der Waals surface area contributed by atoms with Gasteiger partial charge in [-0.05, 0) is 26.6 Å². The molecule has 0 rings (SSSR count). The van der Waals surface area contributed by atoms with Crippen molar-refractivity contribution in [2.24, 2.45) is 5.73 Å². The first-order valence-electron chi connectivity index (χ1n) is 5.46. The second kappa shape index (κ2) is 7.49. The van der Waals surface area contributed by atoms with E-state index in [1.165, 1.54) is 0 Å². The summed E-state index contributed by atoms with van der Waals surface area (Å²) < 4.78 is 5.26. The van der Waals surface area contributed by atoms with E-state index in [0.717, 1.165) is 12.2 Å². The van der Waals surface area contributed by atoms with Crippen LogP contribution in [0.25, 0.3) is 0 Å². The Labute approximate surface area is 98.7 Å². The van der Waals surface area contributed by atoms with Gasteiger partial charge >= 0.3 is 0 Å². The fourth-order valence-electron chi connectivity index (χ4n) is 1.75. The Morgan fingerprint density at radius 3 is 2.47 bits per heavy atom. The van der Waals surface area contributed by atoms with Crippen molar-refractivity contribution in [3.63, 3.8) is 0 Å². The van der Waals surface area contributed by atoms with E-state index in [2.05, 4.69) is 32.1 Å². The first-order chi connectivity index (χ1) is 7.05. The average molecular weight is 234 g/mol. The molecule has 0 saturated heterocycles. The number of nitrogens with zero attached hydrogens (tertiary/aromatic N) is 1. The number of likely N-dealkylation sites (N-methyl/N-ethyl adjacent to an activating group) is 1. The summed E-state index contributed by atoms with van der Waals surface area (Å²) >= 11 is 1.88. The third kappa shape index (κ3) is 4.31. The van der Waals surface area contributed by atoms with Gasteiger partial charge in [0.25, 0.3) is 0 Å². The van der Waals surface area contributed by atoms with Gasteiger partial charge in [-0.2, -0.15) is 11.8 Å². The van der Waals surface area contributed by atoms with E-state index < -0.39 is 0 Å². The smallest absolute Gasteiger partial charge is 0.0656 e. The van der Waals surface area contributed by atoms with Gasteiger partial charge in [0, 0.05) is 25.4 Å². The van der Waals surface area contributed by atoms with Gasteiger partial charge in [-0.1, -0.05) is 6.92 Å². The predicted molar refractivity (Wildman–Crippen MR) is 69.6 cm³/mol. The van der Waals surface area contributed by atoms with Crippen LogP contribution in [0.3, 0.4) is 0 Å². The highest BCUT2D eigenvalue weighted by atomic mass is 32.2. The minimum atomic E-state index is -0.0504. The van der Waals surface area contributed by atoms with E-state index in [9.17, 15) is 0 Å². The number of ether oxygens (including phenoxy) is 1. The van der Waals surface area contributed by atoms with E-state index in [0.29, 0.717) is 19.2 Å². The summed E-state index contributed by atoms with van der Waals surface area (Å²) in [5.41, 5.74) is 5.80. The van der Waals surface area contributed by atoms with E-state index >= 15 is 0 Å². The summed E-state index contributed by atoms with van der Waals surface area (Å²) in [6, 6.07) is 0.573. The topological polar surface area (TPSA) is 38.5 Å². The summed E-state index contributed by atoms with van der Waals surface area (Å²) in [5, 5.41) is 0. The molecular formula is C11H26N2OS. The van der Waals surface area contributed by atoms with Crippen LogP contribution in [-0.2, 0) is 4.74 Å². The molecule has 0 aromatic carbocycles. The fourth-order valence-corrected chi connectivity index (χ4v) is 2.60. The van der Waals surface area contributed by atoms with Crippen LogP contribution in [0, 0.1) is 0 Å². The number of hydrogen-bond donors (Lipinski definition) is 1. The van der Waals surface area contributed by atoms with E-state index in [1.807, 2.05) is 11.8 Å². The second-order valence-corrected chi connectivity index (χ2v) is 5.17. The molecular weight excluding hydrogens is 208 g/mol. The minimum absolute atomic E-state index is 0.0504. The van der Waals surface area contributed by atoms with Gasteiger partial charge in [0.1, 0.15) is 0 Å².